The Hall–Kier alpha value is -0.120. The number of hydrogen-bond acceptors (Lipinski definition) is 3. The summed E-state index contributed by atoms with van der Waals surface area (Å²) in [6.07, 6.45) is 11.4. The van der Waals surface area contributed by atoms with Crippen LogP contribution in [0.3, 0.4) is 0 Å². The lowest BCUT2D eigenvalue weighted by Crippen LogP contribution is -2.56. The largest absolute Gasteiger partial charge is 0.396 e. The highest BCUT2D eigenvalue weighted by Gasteiger charge is 2.42. The van der Waals surface area contributed by atoms with Crippen molar-refractivity contribution in [1.29, 1.82) is 0 Å². The Kier molecular flexibility index (Phi) is 4.16. The van der Waals surface area contributed by atoms with E-state index < -0.39 is 0 Å². The second-order valence-electron chi connectivity index (χ2n) is 7.38. The van der Waals surface area contributed by atoms with E-state index in [4.69, 9.17) is 4.74 Å². The zero-order valence-electron chi connectivity index (χ0n) is 12.2. The highest BCUT2D eigenvalue weighted by atomic mass is 16.5. The van der Waals surface area contributed by atoms with Gasteiger partial charge in [-0.3, -0.25) is 0 Å². The van der Waals surface area contributed by atoms with Gasteiger partial charge in [0.05, 0.1) is 25.2 Å². The minimum absolute atomic E-state index is 0.0588. The monoisotopic (exact) mass is 267 g/mol. The molecule has 0 radical (unpaired) electrons. The zero-order chi connectivity index (χ0) is 13.2. The Labute approximate surface area is 117 Å². The van der Waals surface area contributed by atoms with Crippen molar-refractivity contribution >= 4 is 0 Å². The van der Waals surface area contributed by atoms with Gasteiger partial charge in [-0.15, -0.1) is 0 Å². The van der Waals surface area contributed by atoms with Crippen LogP contribution in [0.1, 0.15) is 51.4 Å². The normalized spacial score (nSPS) is 30.8. The molecule has 0 atom stereocenters. The molecule has 0 aromatic heterocycles. The van der Waals surface area contributed by atoms with Crippen LogP contribution in [-0.2, 0) is 4.74 Å². The van der Waals surface area contributed by atoms with E-state index in [2.05, 4.69) is 4.90 Å². The van der Waals surface area contributed by atoms with Gasteiger partial charge < -0.3 is 14.7 Å². The van der Waals surface area contributed by atoms with E-state index in [1.807, 2.05) is 0 Å². The van der Waals surface area contributed by atoms with Crippen LogP contribution in [0.2, 0.25) is 0 Å². The molecule has 1 aliphatic carbocycles. The van der Waals surface area contributed by atoms with Gasteiger partial charge >= 0.3 is 0 Å². The summed E-state index contributed by atoms with van der Waals surface area (Å²) in [5, 5.41) is 9.61. The number of hydrogen-bond donors (Lipinski definition) is 1. The average Bonchev–Trinajstić information content (AvgIpc) is 2.60. The standard InChI is InChI=1S/C16H29NO2/c18-12-16(13-19-14-16)11-17-9-5-8-15(10-17)6-3-1-2-4-7-15/h18H,1-14H2. The number of aliphatic hydroxyl groups is 1. The third-order valence-electron chi connectivity index (χ3n) is 5.62. The number of rotatable bonds is 3. The summed E-state index contributed by atoms with van der Waals surface area (Å²) < 4.78 is 5.34. The summed E-state index contributed by atoms with van der Waals surface area (Å²) in [4.78, 5) is 2.63. The molecule has 2 saturated heterocycles. The maximum Gasteiger partial charge on any atom is 0.0579 e. The van der Waals surface area contributed by atoms with Gasteiger partial charge in [-0.1, -0.05) is 25.7 Å². The maximum absolute atomic E-state index is 9.61. The minimum atomic E-state index is 0.0588. The lowest BCUT2D eigenvalue weighted by Gasteiger charge is -2.48. The Bertz CT molecular complexity index is 288. The summed E-state index contributed by atoms with van der Waals surface area (Å²) >= 11 is 0. The summed E-state index contributed by atoms with van der Waals surface area (Å²) in [5.74, 6) is 0. The predicted molar refractivity (Wildman–Crippen MR) is 76.1 cm³/mol. The molecule has 0 aromatic carbocycles. The van der Waals surface area contributed by atoms with Gasteiger partial charge in [0.25, 0.3) is 0 Å². The molecular formula is C16H29NO2. The van der Waals surface area contributed by atoms with E-state index >= 15 is 0 Å². The molecule has 110 valence electrons. The maximum atomic E-state index is 9.61. The van der Waals surface area contributed by atoms with Gasteiger partial charge in [-0.2, -0.15) is 0 Å². The molecule has 0 amide bonds. The Balaban J connectivity index is 1.60. The van der Waals surface area contributed by atoms with Gasteiger partial charge in [0.15, 0.2) is 0 Å². The molecule has 3 nitrogen and oxygen atoms in total. The van der Waals surface area contributed by atoms with E-state index in [1.54, 1.807) is 0 Å². The second-order valence-corrected chi connectivity index (χ2v) is 7.38. The highest BCUT2D eigenvalue weighted by Crippen LogP contribution is 2.43. The lowest BCUT2D eigenvalue weighted by atomic mass is 9.73. The highest BCUT2D eigenvalue weighted by molar-refractivity contribution is 4.93. The first-order valence-electron chi connectivity index (χ1n) is 8.17. The third kappa shape index (κ3) is 2.98. The third-order valence-corrected chi connectivity index (χ3v) is 5.62. The van der Waals surface area contributed by atoms with Crippen LogP contribution in [-0.4, -0.2) is 49.5 Å². The molecule has 2 aliphatic heterocycles. The van der Waals surface area contributed by atoms with Crippen molar-refractivity contribution in [2.24, 2.45) is 10.8 Å². The van der Waals surface area contributed by atoms with Gasteiger partial charge in [-0.25, -0.2) is 0 Å². The van der Waals surface area contributed by atoms with E-state index in [9.17, 15) is 5.11 Å². The van der Waals surface area contributed by atoms with Gasteiger partial charge in [0.2, 0.25) is 0 Å². The van der Waals surface area contributed by atoms with E-state index in [0.717, 1.165) is 19.8 Å². The molecule has 3 rings (SSSR count). The number of aliphatic hydroxyl groups excluding tert-OH is 1. The summed E-state index contributed by atoms with van der Waals surface area (Å²) in [7, 11) is 0. The van der Waals surface area contributed by atoms with E-state index in [-0.39, 0.29) is 12.0 Å². The summed E-state index contributed by atoms with van der Waals surface area (Å²) in [6, 6.07) is 0. The van der Waals surface area contributed by atoms with Gasteiger partial charge in [0.1, 0.15) is 0 Å². The van der Waals surface area contributed by atoms with Crippen LogP contribution >= 0.6 is 0 Å². The average molecular weight is 267 g/mol. The van der Waals surface area contributed by atoms with Crippen LogP contribution in [0.15, 0.2) is 0 Å². The molecule has 1 spiro atoms. The molecule has 0 aromatic rings. The van der Waals surface area contributed by atoms with Crippen molar-refractivity contribution in [1.82, 2.24) is 4.90 Å². The quantitative estimate of drug-likeness (QED) is 0.852. The first-order valence-corrected chi connectivity index (χ1v) is 8.17. The fourth-order valence-electron chi connectivity index (χ4n) is 4.43. The Morgan fingerprint density at radius 2 is 1.63 bits per heavy atom. The zero-order valence-corrected chi connectivity index (χ0v) is 12.2. The first-order chi connectivity index (χ1) is 9.26. The number of likely N-dealkylation sites (tertiary alicyclic amines) is 1. The number of ether oxygens (including phenoxy) is 1. The number of nitrogens with zero attached hydrogens (tertiary/aromatic N) is 1. The molecule has 0 bridgehead atoms. The van der Waals surface area contributed by atoms with Crippen molar-refractivity contribution in [3.63, 3.8) is 0 Å². The van der Waals surface area contributed by atoms with Gasteiger partial charge in [-0.05, 0) is 37.6 Å². The van der Waals surface area contributed by atoms with Crippen molar-refractivity contribution in [2.45, 2.75) is 51.4 Å². The molecule has 0 unspecified atom stereocenters. The van der Waals surface area contributed by atoms with Crippen molar-refractivity contribution in [2.75, 3.05) is 39.5 Å². The molecule has 1 saturated carbocycles. The van der Waals surface area contributed by atoms with Gasteiger partial charge in [0, 0.05) is 13.1 Å². The van der Waals surface area contributed by atoms with E-state index in [1.165, 1.54) is 64.5 Å². The molecule has 3 aliphatic rings. The predicted octanol–water partition coefficient (Wildman–Crippen LogP) is 2.43. The fourth-order valence-corrected chi connectivity index (χ4v) is 4.43. The fraction of sp³-hybridized carbons (Fsp3) is 1.00. The number of piperidine rings is 1. The second kappa shape index (κ2) is 5.71. The smallest absolute Gasteiger partial charge is 0.0579 e. The minimum Gasteiger partial charge on any atom is -0.396 e. The van der Waals surface area contributed by atoms with E-state index in [0.29, 0.717) is 5.41 Å². The van der Waals surface area contributed by atoms with Crippen LogP contribution in [0.5, 0.6) is 0 Å². The molecule has 19 heavy (non-hydrogen) atoms. The molecule has 1 N–H and O–H groups in total. The Morgan fingerprint density at radius 1 is 0.947 bits per heavy atom. The van der Waals surface area contributed by atoms with Crippen molar-refractivity contribution in [3.05, 3.63) is 0 Å². The lowest BCUT2D eigenvalue weighted by molar-refractivity contribution is -0.153. The van der Waals surface area contributed by atoms with Crippen LogP contribution in [0.25, 0.3) is 0 Å². The Morgan fingerprint density at radius 3 is 2.21 bits per heavy atom. The van der Waals surface area contributed by atoms with Crippen LogP contribution < -0.4 is 0 Å². The topological polar surface area (TPSA) is 32.7 Å². The molecule has 3 heteroatoms. The molecule has 2 heterocycles. The molecular weight excluding hydrogens is 238 g/mol. The summed E-state index contributed by atoms with van der Waals surface area (Å²) in [5.41, 5.74) is 0.666. The van der Waals surface area contributed by atoms with Crippen LogP contribution in [0.4, 0.5) is 0 Å². The van der Waals surface area contributed by atoms with Crippen molar-refractivity contribution in [3.8, 4) is 0 Å². The SMILES string of the molecule is OCC1(CN2CCCC3(CCCCCC3)C2)COC1. The molecule has 3 fully saturated rings. The van der Waals surface area contributed by atoms with Crippen molar-refractivity contribution < 1.29 is 9.84 Å². The summed E-state index contributed by atoms with van der Waals surface area (Å²) in [6.45, 7) is 5.35. The van der Waals surface area contributed by atoms with Crippen LogP contribution in [0, 0.1) is 10.8 Å². The first kappa shape index (κ1) is 13.8.